The lowest BCUT2D eigenvalue weighted by Gasteiger charge is -2.26. The molecule has 0 unspecified atom stereocenters. The minimum Gasteiger partial charge on any atom is -0.347 e. The number of nitrogens with zero attached hydrogens (tertiary/aromatic N) is 3. The van der Waals surface area contributed by atoms with E-state index in [1.165, 1.54) is 0 Å². The van der Waals surface area contributed by atoms with Crippen molar-refractivity contribution in [3.05, 3.63) is 33.8 Å². The van der Waals surface area contributed by atoms with Gasteiger partial charge in [-0.15, -0.1) is 11.3 Å². The molecule has 1 N–H and O–H groups in total. The van der Waals surface area contributed by atoms with Gasteiger partial charge in [-0.2, -0.15) is 0 Å². The molecule has 0 saturated carbocycles. The number of aromatic nitrogens is 3. The lowest BCUT2D eigenvalue weighted by molar-refractivity contribution is -0.131. The molecule has 0 saturated heterocycles. The molecule has 0 fully saturated rings. The molecule has 6 heteroatoms. The third-order valence-corrected chi connectivity index (χ3v) is 3.95. The maximum absolute atomic E-state index is 12.2. The molecule has 0 radical (unpaired) electrons. The molecule has 1 aliphatic rings. The van der Waals surface area contributed by atoms with Crippen molar-refractivity contribution < 1.29 is 4.79 Å². The van der Waals surface area contributed by atoms with E-state index in [4.69, 9.17) is 0 Å². The van der Waals surface area contributed by atoms with Gasteiger partial charge in [0.05, 0.1) is 41.4 Å². The van der Waals surface area contributed by atoms with Crippen LogP contribution >= 0.6 is 11.3 Å². The molecule has 3 rings (SSSR count). The van der Waals surface area contributed by atoms with Crippen LogP contribution in [-0.2, 0) is 24.2 Å². The second-order valence-electron chi connectivity index (χ2n) is 4.43. The summed E-state index contributed by atoms with van der Waals surface area (Å²) in [6, 6.07) is 0. The van der Waals surface area contributed by atoms with Crippen molar-refractivity contribution in [1.29, 1.82) is 0 Å². The van der Waals surface area contributed by atoms with E-state index in [0.29, 0.717) is 13.0 Å². The van der Waals surface area contributed by atoms with Gasteiger partial charge in [-0.05, 0) is 6.92 Å². The third-order valence-electron chi connectivity index (χ3n) is 3.13. The highest BCUT2D eigenvalue weighted by molar-refractivity contribution is 7.09. The fourth-order valence-electron chi connectivity index (χ4n) is 2.18. The Hall–Kier alpha value is -1.69. The summed E-state index contributed by atoms with van der Waals surface area (Å²) in [6.45, 7) is 3.34. The largest absolute Gasteiger partial charge is 0.347 e. The SMILES string of the molecule is Cc1nc(CC(=O)N2CCc3nc[nH]c3C2)cs1. The number of carbonyl (C=O) groups excluding carboxylic acids is 1. The van der Waals surface area contributed by atoms with E-state index in [9.17, 15) is 4.79 Å². The van der Waals surface area contributed by atoms with Crippen molar-refractivity contribution in [1.82, 2.24) is 19.9 Å². The summed E-state index contributed by atoms with van der Waals surface area (Å²) in [5.74, 6) is 0.139. The van der Waals surface area contributed by atoms with Crippen LogP contribution in [0.25, 0.3) is 0 Å². The zero-order valence-corrected chi connectivity index (χ0v) is 11.0. The average molecular weight is 262 g/mol. The van der Waals surface area contributed by atoms with Gasteiger partial charge in [-0.1, -0.05) is 0 Å². The highest BCUT2D eigenvalue weighted by Gasteiger charge is 2.22. The van der Waals surface area contributed by atoms with Crippen LogP contribution < -0.4 is 0 Å². The van der Waals surface area contributed by atoms with E-state index < -0.39 is 0 Å². The Morgan fingerprint density at radius 1 is 1.61 bits per heavy atom. The van der Waals surface area contributed by atoms with E-state index in [-0.39, 0.29) is 5.91 Å². The summed E-state index contributed by atoms with van der Waals surface area (Å²) < 4.78 is 0. The molecule has 2 aromatic heterocycles. The number of thiazole rings is 1. The Morgan fingerprint density at radius 2 is 2.50 bits per heavy atom. The fourth-order valence-corrected chi connectivity index (χ4v) is 2.79. The lowest BCUT2D eigenvalue weighted by atomic mass is 10.1. The second-order valence-corrected chi connectivity index (χ2v) is 5.49. The summed E-state index contributed by atoms with van der Waals surface area (Å²) in [4.78, 5) is 25.7. The van der Waals surface area contributed by atoms with Crippen LogP contribution in [0.5, 0.6) is 0 Å². The first-order valence-corrected chi connectivity index (χ1v) is 6.80. The highest BCUT2D eigenvalue weighted by atomic mass is 32.1. The number of hydrogen-bond donors (Lipinski definition) is 1. The maximum atomic E-state index is 12.2. The summed E-state index contributed by atoms with van der Waals surface area (Å²) in [6.07, 6.45) is 2.93. The number of imidazole rings is 1. The molecule has 0 aliphatic carbocycles. The third kappa shape index (κ3) is 2.15. The Bertz CT molecular complexity index is 574. The topological polar surface area (TPSA) is 61.9 Å². The molecule has 0 spiro atoms. The second kappa shape index (κ2) is 4.53. The van der Waals surface area contributed by atoms with Crippen LogP contribution in [0, 0.1) is 6.92 Å². The van der Waals surface area contributed by atoms with Gasteiger partial charge in [0.15, 0.2) is 0 Å². The zero-order chi connectivity index (χ0) is 12.5. The number of H-pyrrole nitrogens is 1. The van der Waals surface area contributed by atoms with Crippen LogP contribution in [0.2, 0.25) is 0 Å². The first-order valence-electron chi connectivity index (χ1n) is 5.92. The monoisotopic (exact) mass is 262 g/mol. The Balaban J connectivity index is 1.67. The van der Waals surface area contributed by atoms with Gasteiger partial charge in [0, 0.05) is 18.3 Å². The Labute approximate surface area is 109 Å². The number of hydrogen-bond acceptors (Lipinski definition) is 4. The van der Waals surface area contributed by atoms with Gasteiger partial charge in [0.1, 0.15) is 0 Å². The van der Waals surface area contributed by atoms with Crippen LogP contribution in [0.3, 0.4) is 0 Å². The van der Waals surface area contributed by atoms with E-state index in [0.717, 1.165) is 35.1 Å². The number of fused-ring (bicyclic) bond motifs is 1. The van der Waals surface area contributed by atoms with Gasteiger partial charge in [0.25, 0.3) is 0 Å². The van der Waals surface area contributed by atoms with Gasteiger partial charge in [0.2, 0.25) is 5.91 Å². The van der Waals surface area contributed by atoms with Crippen LogP contribution in [0.1, 0.15) is 22.1 Å². The zero-order valence-electron chi connectivity index (χ0n) is 10.1. The minimum atomic E-state index is 0.139. The number of carbonyl (C=O) groups is 1. The van der Waals surface area contributed by atoms with Crippen molar-refractivity contribution >= 4 is 17.2 Å². The number of rotatable bonds is 2. The first-order chi connectivity index (χ1) is 8.72. The molecule has 0 bridgehead atoms. The molecule has 0 aromatic carbocycles. The average Bonchev–Trinajstić information content (AvgIpc) is 2.96. The molecule has 1 aliphatic heterocycles. The van der Waals surface area contributed by atoms with E-state index in [1.54, 1.807) is 17.7 Å². The van der Waals surface area contributed by atoms with E-state index >= 15 is 0 Å². The van der Waals surface area contributed by atoms with Crippen LogP contribution in [-0.4, -0.2) is 32.3 Å². The maximum Gasteiger partial charge on any atom is 0.228 e. The molecule has 2 aromatic rings. The number of nitrogens with one attached hydrogen (secondary N) is 1. The number of amides is 1. The van der Waals surface area contributed by atoms with Crippen LogP contribution in [0.15, 0.2) is 11.7 Å². The molecular formula is C12H14N4OS. The normalized spacial score (nSPS) is 14.6. The molecule has 1 amide bonds. The van der Waals surface area contributed by atoms with Crippen molar-refractivity contribution in [2.75, 3.05) is 6.54 Å². The van der Waals surface area contributed by atoms with E-state index in [1.807, 2.05) is 17.2 Å². The summed E-state index contributed by atoms with van der Waals surface area (Å²) in [5, 5.41) is 2.96. The standard InChI is InChI=1S/C12H14N4OS/c1-8-15-9(6-18-8)4-12(17)16-3-2-10-11(5-16)14-7-13-10/h6-7H,2-5H2,1H3,(H,13,14). The number of aromatic amines is 1. The van der Waals surface area contributed by atoms with E-state index in [2.05, 4.69) is 15.0 Å². The van der Waals surface area contributed by atoms with Gasteiger partial charge >= 0.3 is 0 Å². The highest BCUT2D eigenvalue weighted by Crippen LogP contribution is 2.16. The van der Waals surface area contributed by atoms with Crippen molar-refractivity contribution in [2.24, 2.45) is 0 Å². The Kier molecular flexibility index (Phi) is 2.87. The minimum absolute atomic E-state index is 0.139. The smallest absolute Gasteiger partial charge is 0.228 e. The molecular weight excluding hydrogens is 248 g/mol. The van der Waals surface area contributed by atoms with Gasteiger partial charge in [-0.3, -0.25) is 4.79 Å². The predicted molar refractivity (Wildman–Crippen MR) is 68.3 cm³/mol. The molecule has 0 atom stereocenters. The lowest BCUT2D eigenvalue weighted by Crippen LogP contribution is -2.37. The van der Waals surface area contributed by atoms with Crippen molar-refractivity contribution in [3.8, 4) is 0 Å². The first kappa shape index (κ1) is 11.4. The predicted octanol–water partition coefficient (Wildman–Crippen LogP) is 1.30. The molecule has 94 valence electrons. The molecule has 18 heavy (non-hydrogen) atoms. The van der Waals surface area contributed by atoms with Gasteiger partial charge < -0.3 is 9.88 Å². The van der Waals surface area contributed by atoms with Crippen molar-refractivity contribution in [2.45, 2.75) is 26.3 Å². The molecule has 5 nitrogen and oxygen atoms in total. The van der Waals surface area contributed by atoms with Gasteiger partial charge in [-0.25, -0.2) is 9.97 Å². The Morgan fingerprint density at radius 3 is 3.28 bits per heavy atom. The van der Waals surface area contributed by atoms with Crippen molar-refractivity contribution in [3.63, 3.8) is 0 Å². The summed E-state index contributed by atoms with van der Waals surface area (Å²) in [7, 11) is 0. The van der Waals surface area contributed by atoms with Crippen LogP contribution in [0.4, 0.5) is 0 Å². The summed E-state index contributed by atoms with van der Waals surface area (Å²) in [5.41, 5.74) is 3.02. The number of aryl methyl sites for hydroxylation is 1. The summed E-state index contributed by atoms with van der Waals surface area (Å²) >= 11 is 1.58. The quantitative estimate of drug-likeness (QED) is 0.887. The molecule has 3 heterocycles. The fraction of sp³-hybridized carbons (Fsp3) is 0.417.